The summed E-state index contributed by atoms with van der Waals surface area (Å²) >= 11 is 6.22. The summed E-state index contributed by atoms with van der Waals surface area (Å²) in [4.78, 5) is 26.7. The molecule has 2 heterocycles. The maximum Gasteiger partial charge on any atom is 0.300 e. The smallest absolute Gasteiger partial charge is 0.300 e. The fourth-order valence-electron chi connectivity index (χ4n) is 3.72. The number of ether oxygens (including phenoxy) is 1. The van der Waals surface area contributed by atoms with E-state index < -0.39 is 40.8 Å². The molecule has 6 nitrogen and oxygen atoms in total. The average Bonchev–Trinajstić information content (AvgIpc) is 3.36. The molecule has 1 aliphatic heterocycles. The molecule has 1 amide bonds. The number of amides is 1. The number of furan rings is 1. The maximum absolute atomic E-state index is 14.6. The Morgan fingerprint density at radius 2 is 1.94 bits per heavy atom. The second-order valence-electron chi connectivity index (χ2n) is 7.11. The van der Waals surface area contributed by atoms with Gasteiger partial charge in [0.1, 0.15) is 34.9 Å². The van der Waals surface area contributed by atoms with Gasteiger partial charge in [-0.3, -0.25) is 14.5 Å². The molecule has 0 saturated carbocycles. The van der Waals surface area contributed by atoms with E-state index >= 15 is 0 Å². The van der Waals surface area contributed by atoms with E-state index in [0.717, 1.165) is 23.1 Å². The van der Waals surface area contributed by atoms with Crippen molar-refractivity contribution in [3.8, 4) is 5.75 Å². The van der Waals surface area contributed by atoms with Gasteiger partial charge >= 0.3 is 0 Å². The van der Waals surface area contributed by atoms with Gasteiger partial charge in [-0.1, -0.05) is 11.6 Å². The SMILES string of the molecule is COc1c(Cl)cc(C)cc1/C(O)=C1/C(=O)C(=O)N(c2cc(F)ccc2F)C1c1ccco1. The Kier molecular flexibility index (Phi) is 5.48. The number of aliphatic hydroxyl groups excluding tert-OH is 1. The Bertz CT molecular complexity index is 1270. The second-order valence-corrected chi connectivity index (χ2v) is 7.52. The van der Waals surface area contributed by atoms with E-state index in [1.165, 1.54) is 31.6 Å². The first kappa shape index (κ1) is 21.6. The third kappa shape index (κ3) is 3.42. The number of ketones is 1. The fourth-order valence-corrected chi connectivity index (χ4v) is 4.08. The zero-order valence-electron chi connectivity index (χ0n) is 16.9. The zero-order valence-corrected chi connectivity index (χ0v) is 17.6. The van der Waals surface area contributed by atoms with Crippen molar-refractivity contribution in [1.82, 2.24) is 0 Å². The van der Waals surface area contributed by atoms with Crippen molar-refractivity contribution in [2.75, 3.05) is 12.0 Å². The minimum atomic E-state index is -1.36. The first-order chi connectivity index (χ1) is 15.2. The first-order valence-electron chi connectivity index (χ1n) is 9.38. The summed E-state index contributed by atoms with van der Waals surface area (Å²) in [6.45, 7) is 1.72. The van der Waals surface area contributed by atoms with Crippen LogP contribution in [0.25, 0.3) is 5.76 Å². The molecule has 0 radical (unpaired) electrons. The third-order valence-electron chi connectivity index (χ3n) is 5.07. The van der Waals surface area contributed by atoms with E-state index in [4.69, 9.17) is 20.8 Å². The highest BCUT2D eigenvalue weighted by atomic mass is 35.5. The second kappa shape index (κ2) is 8.12. The van der Waals surface area contributed by atoms with Crippen molar-refractivity contribution < 1.29 is 32.6 Å². The molecule has 0 spiro atoms. The summed E-state index contributed by atoms with van der Waals surface area (Å²) in [5.74, 6) is -4.45. The van der Waals surface area contributed by atoms with Gasteiger partial charge in [-0.05, 0) is 48.9 Å². The molecule has 1 aromatic heterocycles. The summed E-state index contributed by atoms with van der Waals surface area (Å²) in [7, 11) is 1.33. The highest BCUT2D eigenvalue weighted by molar-refractivity contribution is 6.51. The minimum Gasteiger partial charge on any atom is -0.507 e. The fraction of sp³-hybridized carbons (Fsp3) is 0.130. The predicted octanol–water partition coefficient (Wildman–Crippen LogP) is 5.15. The topological polar surface area (TPSA) is 80.0 Å². The number of methoxy groups -OCH3 is 1. The van der Waals surface area contributed by atoms with Crippen LogP contribution in [0.2, 0.25) is 5.02 Å². The van der Waals surface area contributed by atoms with E-state index in [2.05, 4.69) is 0 Å². The van der Waals surface area contributed by atoms with Crippen LogP contribution in [-0.2, 0) is 9.59 Å². The molecule has 164 valence electrons. The molecule has 0 aliphatic carbocycles. The summed E-state index contributed by atoms with van der Waals surface area (Å²) in [6, 6.07) is 7.24. The molecule has 0 bridgehead atoms. The summed E-state index contributed by atoms with van der Waals surface area (Å²) in [5.41, 5.74) is -0.139. The van der Waals surface area contributed by atoms with Crippen LogP contribution >= 0.6 is 11.6 Å². The summed E-state index contributed by atoms with van der Waals surface area (Å²) < 4.78 is 39.2. The highest BCUT2D eigenvalue weighted by Crippen LogP contribution is 2.45. The van der Waals surface area contributed by atoms with Gasteiger partial charge in [-0.25, -0.2) is 8.78 Å². The van der Waals surface area contributed by atoms with Crippen molar-refractivity contribution in [2.45, 2.75) is 13.0 Å². The molecule has 1 N–H and O–H groups in total. The highest BCUT2D eigenvalue weighted by Gasteiger charge is 2.49. The molecular formula is C23H16ClF2NO5. The normalized spacial score (nSPS) is 17.8. The molecule has 3 aromatic rings. The lowest BCUT2D eigenvalue weighted by Crippen LogP contribution is -2.30. The Balaban J connectivity index is 2.01. The number of halogens is 3. The van der Waals surface area contributed by atoms with Gasteiger partial charge in [0.2, 0.25) is 0 Å². The van der Waals surface area contributed by atoms with E-state index in [1.807, 2.05) is 0 Å². The van der Waals surface area contributed by atoms with Crippen molar-refractivity contribution in [2.24, 2.45) is 0 Å². The molecule has 2 aromatic carbocycles. The van der Waals surface area contributed by atoms with Gasteiger partial charge < -0.3 is 14.3 Å². The van der Waals surface area contributed by atoms with Crippen LogP contribution in [0.5, 0.6) is 5.75 Å². The van der Waals surface area contributed by atoms with Gasteiger partial charge in [0, 0.05) is 6.07 Å². The van der Waals surface area contributed by atoms with Crippen molar-refractivity contribution in [3.63, 3.8) is 0 Å². The molecule has 4 rings (SSSR count). The van der Waals surface area contributed by atoms with E-state index in [0.29, 0.717) is 5.56 Å². The Labute approximate surface area is 186 Å². The molecule has 1 saturated heterocycles. The van der Waals surface area contributed by atoms with Gasteiger partial charge in [0.25, 0.3) is 11.7 Å². The van der Waals surface area contributed by atoms with Crippen LogP contribution in [0.3, 0.4) is 0 Å². The minimum absolute atomic E-state index is 0.0618. The zero-order chi connectivity index (χ0) is 23.2. The number of hydrogen-bond donors (Lipinski definition) is 1. The van der Waals surface area contributed by atoms with Crippen molar-refractivity contribution in [1.29, 1.82) is 0 Å². The number of rotatable bonds is 4. The number of hydrogen-bond acceptors (Lipinski definition) is 5. The largest absolute Gasteiger partial charge is 0.507 e. The lowest BCUT2D eigenvalue weighted by atomic mass is 9.97. The number of carbonyl (C=O) groups is 2. The molecule has 1 atom stereocenters. The summed E-state index contributed by atoms with van der Waals surface area (Å²) in [5, 5.41) is 11.3. The third-order valence-corrected chi connectivity index (χ3v) is 5.35. The van der Waals surface area contributed by atoms with Gasteiger partial charge in [-0.15, -0.1) is 0 Å². The van der Waals surface area contributed by atoms with Gasteiger partial charge in [0.15, 0.2) is 0 Å². The first-order valence-corrected chi connectivity index (χ1v) is 9.76. The van der Waals surface area contributed by atoms with Gasteiger partial charge in [-0.2, -0.15) is 0 Å². The van der Waals surface area contributed by atoms with Crippen LogP contribution in [0.1, 0.15) is 22.9 Å². The maximum atomic E-state index is 14.6. The van der Waals surface area contributed by atoms with E-state index in [1.54, 1.807) is 13.0 Å². The Morgan fingerprint density at radius 3 is 2.59 bits per heavy atom. The molecule has 1 aliphatic rings. The number of nitrogens with zero attached hydrogens (tertiary/aromatic N) is 1. The number of anilines is 1. The number of Topliss-reactive ketones (excluding diaryl/α,β-unsaturated/α-hetero) is 1. The predicted molar refractivity (Wildman–Crippen MR) is 113 cm³/mol. The number of aliphatic hydroxyl groups is 1. The molecule has 1 unspecified atom stereocenters. The van der Waals surface area contributed by atoms with Crippen LogP contribution in [0, 0.1) is 18.6 Å². The molecule has 32 heavy (non-hydrogen) atoms. The molecule has 9 heteroatoms. The number of carbonyl (C=O) groups excluding carboxylic acids is 2. The van der Waals surface area contributed by atoms with Gasteiger partial charge in [0.05, 0.1) is 35.2 Å². The van der Waals surface area contributed by atoms with E-state index in [9.17, 15) is 23.5 Å². The van der Waals surface area contributed by atoms with Crippen LogP contribution in [0.15, 0.2) is 58.7 Å². The number of benzene rings is 2. The van der Waals surface area contributed by atoms with Crippen molar-refractivity contribution >= 4 is 34.7 Å². The Morgan fingerprint density at radius 1 is 1.19 bits per heavy atom. The van der Waals surface area contributed by atoms with Crippen LogP contribution in [-0.4, -0.2) is 23.9 Å². The Hall–Kier alpha value is -3.65. The van der Waals surface area contributed by atoms with Crippen LogP contribution in [0.4, 0.5) is 14.5 Å². The molecule has 1 fully saturated rings. The summed E-state index contributed by atoms with van der Waals surface area (Å²) in [6.07, 6.45) is 1.29. The van der Waals surface area contributed by atoms with Crippen LogP contribution < -0.4 is 9.64 Å². The lowest BCUT2D eigenvalue weighted by Gasteiger charge is -2.24. The number of aryl methyl sites for hydroxylation is 1. The standard InChI is InChI=1S/C23H16ClF2NO5/c1-11-8-13(22(31-2)14(24)9-11)20(28)18-19(17-4-3-7-32-17)27(23(30)21(18)29)16-10-12(25)5-6-15(16)26/h3-10,19,28H,1-2H3/b20-18-. The van der Waals surface area contributed by atoms with E-state index in [-0.39, 0.29) is 27.7 Å². The van der Waals surface area contributed by atoms with Crippen molar-refractivity contribution in [3.05, 3.63) is 87.8 Å². The lowest BCUT2D eigenvalue weighted by molar-refractivity contribution is -0.132. The molecular weight excluding hydrogens is 444 g/mol. The quantitative estimate of drug-likeness (QED) is 0.331. The monoisotopic (exact) mass is 459 g/mol. The average molecular weight is 460 g/mol.